The maximum atomic E-state index is 5.31. The lowest BCUT2D eigenvalue weighted by Crippen LogP contribution is -2.36. The molecule has 1 rings (SSSR count). The molecular weight excluding hydrogens is 277 g/mol. The quantitative estimate of drug-likeness (QED) is 0.740. The smallest absolute Gasteiger partial charge is 0.110 e. The Morgan fingerprint density at radius 2 is 2.00 bits per heavy atom. The summed E-state index contributed by atoms with van der Waals surface area (Å²) in [5, 5.41) is 0. The molecule has 0 radical (unpaired) electrons. The number of nitrogens with zero attached hydrogens (tertiary/aromatic N) is 1. The van der Waals surface area contributed by atoms with Crippen LogP contribution in [0.15, 0.2) is 0 Å². The molecule has 1 saturated heterocycles. The third-order valence-corrected chi connectivity index (χ3v) is 3.40. The first-order valence-corrected chi connectivity index (χ1v) is 6.10. The van der Waals surface area contributed by atoms with E-state index in [4.69, 9.17) is 3.07 Å². The largest absolute Gasteiger partial charge is 0.312 e. The van der Waals surface area contributed by atoms with Crippen molar-refractivity contribution in [3.8, 4) is 0 Å². The van der Waals surface area contributed by atoms with E-state index in [1.807, 2.05) is 23.0 Å². The van der Waals surface area contributed by atoms with Gasteiger partial charge in [-0.15, -0.1) is 0 Å². The lowest BCUT2D eigenvalue weighted by Gasteiger charge is -2.30. The Kier molecular flexibility index (Phi) is 5.58. The number of hydrogen-bond donors (Lipinski definition) is 0. The number of piperidine rings is 1. The lowest BCUT2D eigenvalue weighted by atomic mass is 10.1. The van der Waals surface area contributed by atoms with E-state index < -0.39 is 0 Å². The van der Waals surface area contributed by atoms with Crippen LogP contribution in [0.4, 0.5) is 0 Å². The highest BCUT2D eigenvalue weighted by molar-refractivity contribution is 14.1. The van der Waals surface area contributed by atoms with Crippen molar-refractivity contribution in [2.75, 3.05) is 19.6 Å². The van der Waals surface area contributed by atoms with E-state index in [-0.39, 0.29) is 0 Å². The predicted molar refractivity (Wildman–Crippen MR) is 64.0 cm³/mol. The molecular formula is C10H20INO. The van der Waals surface area contributed by atoms with E-state index in [0.717, 1.165) is 5.92 Å². The summed E-state index contributed by atoms with van der Waals surface area (Å²) in [6.07, 6.45) is 4.26. The topological polar surface area (TPSA) is 12.5 Å². The van der Waals surface area contributed by atoms with Crippen molar-refractivity contribution in [3.63, 3.8) is 0 Å². The molecule has 0 aromatic carbocycles. The van der Waals surface area contributed by atoms with E-state index >= 15 is 0 Å². The Morgan fingerprint density at radius 1 is 1.38 bits per heavy atom. The van der Waals surface area contributed by atoms with E-state index in [2.05, 4.69) is 18.7 Å². The minimum absolute atomic E-state index is 0.510. The lowest BCUT2D eigenvalue weighted by molar-refractivity contribution is 0.129. The molecule has 0 aliphatic carbocycles. The summed E-state index contributed by atoms with van der Waals surface area (Å²) in [7, 11) is 0. The Bertz CT molecular complexity index is 133. The molecule has 78 valence electrons. The number of likely N-dealkylation sites (tertiary alicyclic amines) is 1. The molecule has 3 heteroatoms. The van der Waals surface area contributed by atoms with Gasteiger partial charge >= 0.3 is 0 Å². The van der Waals surface area contributed by atoms with Gasteiger partial charge in [-0.3, -0.25) is 0 Å². The van der Waals surface area contributed by atoms with E-state index in [9.17, 15) is 0 Å². The van der Waals surface area contributed by atoms with Crippen LogP contribution in [0.2, 0.25) is 0 Å². The predicted octanol–water partition coefficient (Wildman–Crippen LogP) is 2.86. The highest BCUT2D eigenvalue weighted by Gasteiger charge is 2.18. The van der Waals surface area contributed by atoms with Crippen molar-refractivity contribution in [2.24, 2.45) is 5.92 Å². The molecule has 0 aromatic rings. The fraction of sp³-hybridized carbons (Fsp3) is 1.00. The van der Waals surface area contributed by atoms with Gasteiger partial charge in [0.1, 0.15) is 23.0 Å². The summed E-state index contributed by atoms with van der Waals surface area (Å²) < 4.78 is 5.31. The highest BCUT2D eigenvalue weighted by Crippen LogP contribution is 2.16. The Labute approximate surface area is 95.7 Å². The summed E-state index contributed by atoms with van der Waals surface area (Å²) in [4.78, 5) is 2.56. The van der Waals surface area contributed by atoms with Gasteiger partial charge in [-0.2, -0.15) is 0 Å². The molecule has 0 saturated carbocycles. The van der Waals surface area contributed by atoms with Crippen LogP contribution in [0.3, 0.4) is 0 Å². The molecule has 1 fully saturated rings. The molecule has 0 spiro atoms. The highest BCUT2D eigenvalue weighted by atomic mass is 127. The Hall–Kier alpha value is 0.650. The molecule has 1 heterocycles. The van der Waals surface area contributed by atoms with Gasteiger partial charge in [-0.05, 0) is 31.7 Å². The zero-order chi connectivity index (χ0) is 9.68. The van der Waals surface area contributed by atoms with Gasteiger partial charge in [-0.25, -0.2) is 0 Å². The van der Waals surface area contributed by atoms with Gasteiger partial charge < -0.3 is 7.97 Å². The zero-order valence-corrected chi connectivity index (χ0v) is 10.8. The van der Waals surface area contributed by atoms with Crippen molar-refractivity contribution in [3.05, 3.63) is 0 Å². The Morgan fingerprint density at radius 3 is 2.46 bits per heavy atom. The van der Waals surface area contributed by atoms with Gasteiger partial charge in [0.05, 0.1) is 6.10 Å². The van der Waals surface area contributed by atoms with Gasteiger partial charge in [0.15, 0.2) is 0 Å². The second-order valence-corrected chi connectivity index (χ2v) is 4.82. The minimum atomic E-state index is 0.510. The van der Waals surface area contributed by atoms with Crippen molar-refractivity contribution in [1.29, 1.82) is 0 Å². The molecule has 0 aromatic heterocycles. The molecule has 0 N–H and O–H groups in total. The monoisotopic (exact) mass is 297 g/mol. The fourth-order valence-electron chi connectivity index (χ4n) is 1.66. The maximum Gasteiger partial charge on any atom is 0.110 e. The third-order valence-electron chi connectivity index (χ3n) is 2.68. The summed E-state index contributed by atoms with van der Waals surface area (Å²) >= 11 is 2.03. The van der Waals surface area contributed by atoms with E-state index in [1.165, 1.54) is 38.9 Å². The SMILES string of the molecule is CC(C)CCN1CCC(OI)CC1. The molecule has 0 unspecified atom stereocenters. The van der Waals surface area contributed by atoms with Gasteiger partial charge in [0.25, 0.3) is 0 Å². The summed E-state index contributed by atoms with van der Waals surface area (Å²) in [5.41, 5.74) is 0. The van der Waals surface area contributed by atoms with Crippen molar-refractivity contribution in [1.82, 2.24) is 4.90 Å². The average molecular weight is 297 g/mol. The molecule has 1 aliphatic rings. The first kappa shape index (κ1) is 11.7. The molecule has 13 heavy (non-hydrogen) atoms. The molecule has 2 nitrogen and oxygen atoms in total. The van der Waals surface area contributed by atoms with Crippen LogP contribution in [0.25, 0.3) is 0 Å². The van der Waals surface area contributed by atoms with Gasteiger partial charge in [0.2, 0.25) is 0 Å². The number of rotatable bonds is 4. The van der Waals surface area contributed by atoms with Crippen LogP contribution in [0.5, 0.6) is 0 Å². The first-order chi connectivity index (χ1) is 6.22. The third kappa shape index (κ3) is 4.61. The van der Waals surface area contributed by atoms with Crippen molar-refractivity contribution < 1.29 is 3.07 Å². The molecule has 0 amide bonds. The second kappa shape index (κ2) is 6.19. The maximum absolute atomic E-state index is 5.31. The summed E-state index contributed by atoms with van der Waals surface area (Å²) in [6, 6.07) is 0. The van der Waals surface area contributed by atoms with Crippen LogP contribution in [0.1, 0.15) is 33.1 Å². The van der Waals surface area contributed by atoms with E-state index in [1.54, 1.807) is 0 Å². The van der Waals surface area contributed by atoms with Crippen LogP contribution < -0.4 is 0 Å². The standard InChI is InChI=1S/C10H20INO/c1-9(2)3-6-12-7-4-10(13-11)5-8-12/h9-10H,3-8H2,1-2H3. The van der Waals surface area contributed by atoms with E-state index in [0.29, 0.717) is 6.10 Å². The molecule has 1 aliphatic heterocycles. The van der Waals surface area contributed by atoms with Crippen LogP contribution in [-0.2, 0) is 3.07 Å². The summed E-state index contributed by atoms with van der Waals surface area (Å²) in [5.74, 6) is 0.832. The Balaban J connectivity index is 2.10. The number of halogens is 1. The fourth-order valence-corrected chi connectivity index (χ4v) is 2.17. The van der Waals surface area contributed by atoms with Crippen LogP contribution in [-0.4, -0.2) is 30.6 Å². The number of hydrogen-bond acceptors (Lipinski definition) is 2. The molecule has 0 bridgehead atoms. The van der Waals surface area contributed by atoms with Gasteiger partial charge in [0, 0.05) is 13.1 Å². The first-order valence-electron chi connectivity index (χ1n) is 5.22. The minimum Gasteiger partial charge on any atom is -0.312 e. The normalized spacial score (nSPS) is 21.2. The summed E-state index contributed by atoms with van der Waals surface area (Å²) in [6.45, 7) is 8.30. The van der Waals surface area contributed by atoms with Crippen molar-refractivity contribution in [2.45, 2.75) is 39.2 Å². The van der Waals surface area contributed by atoms with Crippen LogP contribution >= 0.6 is 23.0 Å². The zero-order valence-electron chi connectivity index (χ0n) is 8.63. The molecule has 0 atom stereocenters. The van der Waals surface area contributed by atoms with Crippen molar-refractivity contribution >= 4 is 23.0 Å². The van der Waals surface area contributed by atoms with Gasteiger partial charge in [-0.1, -0.05) is 13.8 Å². The van der Waals surface area contributed by atoms with Crippen LogP contribution in [0, 0.1) is 5.92 Å². The average Bonchev–Trinajstić information content (AvgIpc) is 2.15. The second-order valence-electron chi connectivity index (χ2n) is 4.31.